The fraction of sp³-hybridized carbons (Fsp3) is 0.617. The van der Waals surface area contributed by atoms with Crippen molar-refractivity contribution in [2.24, 2.45) is 0 Å². The first-order valence-corrected chi connectivity index (χ1v) is 28.9. The predicted octanol–water partition coefficient (Wildman–Crippen LogP) is 16.0. The van der Waals surface area contributed by atoms with Crippen molar-refractivity contribution in [1.82, 2.24) is 0 Å². The standard InChI is InChI=1S/C60H97O11P/c1-4-7-10-13-16-19-22-25-27-28-30-33-36-39-42-45-48-51-60(64)71-57(53-67-58(62)49-46-43-40-37-34-31-24-21-18-15-12-9-6-3)55-69-72(65,66)68-54-56(52-61)70-59(63)50-47-44-41-38-35-32-29-26-23-20-17-14-11-8-5-2/h7-12,16-21,25-27,29,31,34,40,43,56-57,61H,4-6,13-15,22-24,28,30,32-33,35-39,41-42,44-55H2,1-3H3,(H,65,66)/b10-7-,11-8-,12-9-,19-16-,20-17-,21-18-,27-25-,29-26-,34-31-,43-40-. The van der Waals surface area contributed by atoms with Crippen LogP contribution >= 0.6 is 7.82 Å². The number of ether oxygens (including phenoxy) is 3. The van der Waals surface area contributed by atoms with Crippen molar-refractivity contribution in [2.45, 2.75) is 213 Å². The fourth-order valence-electron chi connectivity index (χ4n) is 6.81. The number of rotatable bonds is 49. The van der Waals surface area contributed by atoms with Gasteiger partial charge in [-0.15, -0.1) is 0 Å². The third-order valence-electron chi connectivity index (χ3n) is 10.9. The number of unbranched alkanes of at least 4 members (excludes halogenated alkanes) is 12. The molecule has 72 heavy (non-hydrogen) atoms. The zero-order chi connectivity index (χ0) is 52.7. The minimum Gasteiger partial charge on any atom is -0.462 e. The van der Waals surface area contributed by atoms with Crippen molar-refractivity contribution in [3.8, 4) is 0 Å². The van der Waals surface area contributed by atoms with Crippen molar-refractivity contribution < 1.29 is 52.2 Å². The summed E-state index contributed by atoms with van der Waals surface area (Å²) in [5.74, 6) is -1.61. The molecule has 0 radical (unpaired) electrons. The molecular weight excluding hydrogens is 928 g/mol. The van der Waals surface area contributed by atoms with Crippen LogP contribution in [0.3, 0.4) is 0 Å². The molecule has 0 saturated heterocycles. The SMILES string of the molecule is CC/C=C\C/C=C\C/C=C\C/C=C\CCC(=O)OCC(COP(=O)(O)OCC(CO)OC(=O)CCCCCCC/C=C\C/C=C\C/C=C\CC)OC(=O)CCCCCCCCC/C=C\C/C=C\C/C=C\CC. The average molecular weight is 1030 g/mol. The average Bonchev–Trinajstić information content (AvgIpc) is 3.37. The van der Waals surface area contributed by atoms with Crippen LogP contribution < -0.4 is 0 Å². The summed E-state index contributed by atoms with van der Waals surface area (Å²) in [4.78, 5) is 48.4. The smallest absolute Gasteiger partial charge is 0.462 e. The van der Waals surface area contributed by atoms with Gasteiger partial charge in [0.05, 0.1) is 19.8 Å². The van der Waals surface area contributed by atoms with Gasteiger partial charge in [0.25, 0.3) is 0 Å². The minimum absolute atomic E-state index is 0.0958. The van der Waals surface area contributed by atoms with Crippen LogP contribution in [0.2, 0.25) is 0 Å². The Morgan fingerprint density at radius 3 is 1.10 bits per heavy atom. The maximum Gasteiger partial charge on any atom is 0.472 e. The molecule has 0 saturated carbocycles. The molecule has 0 aliphatic heterocycles. The Bertz CT molecular complexity index is 1670. The van der Waals surface area contributed by atoms with Gasteiger partial charge in [-0.2, -0.15) is 0 Å². The van der Waals surface area contributed by atoms with Crippen LogP contribution in [0, 0.1) is 0 Å². The van der Waals surface area contributed by atoms with Gasteiger partial charge in [-0.05, 0) is 109 Å². The summed E-state index contributed by atoms with van der Waals surface area (Å²) in [6.07, 6.45) is 64.6. The van der Waals surface area contributed by atoms with Crippen molar-refractivity contribution in [3.05, 3.63) is 122 Å². The Morgan fingerprint density at radius 2 is 0.708 bits per heavy atom. The van der Waals surface area contributed by atoms with Crippen molar-refractivity contribution >= 4 is 25.7 Å². The number of allylic oxidation sites excluding steroid dienone is 20. The van der Waals surface area contributed by atoms with E-state index in [0.29, 0.717) is 19.3 Å². The predicted molar refractivity (Wildman–Crippen MR) is 297 cm³/mol. The molecule has 0 bridgehead atoms. The molecule has 0 rings (SSSR count). The van der Waals surface area contributed by atoms with Crippen LogP contribution in [-0.4, -0.2) is 66.5 Å². The van der Waals surface area contributed by atoms with Gasteiger partial charge in [0.15, 0.2) is 6.10 Å². The summed E-state index contributed by atoms with van der Waals surface area (Å²) in [6.45, 7) is 4.17. The maximum atomic E-state index is 12.9. The molecule has 11 nitrogen and oxygen atoms in total. The number of hydrogen-bond acceptors (Lipinski definition) is 10. The molecule has 0 amide bonds. The lowest BCUT2D eigenvalue weighted by Crippen LogP contribution is -2.30. The second-order valence-electron chi connectivity index (χ2n) is 17.6. The first-order chi connectivity index (χ1) is 35.2. The molecule has 0 spiro atoms. The highest BCUT2D eigenvalue weighted by Crippen LogP contribution is 2.43. The summed E-state index contributed by atoms with van der Waals surface area (Å²) < 4.78 is 39.3. The van der Waals surface area contributed by atoms with Gasteiger partial charge in [0, 0.05) is 19.3 Å². The molecule has 12 heteroatoms. The van der Waals surface area contributed by atoms with Crippen LogP contribution in [0.15, 0.2) is 122 Å². The monoisotopic (exact) mass is 1020 g/mol. The van der Waals surface area contributed by atoms with E-state index < -0.39 is 57.8 Å². The van der Waals surface area contributed by atoms with Gasteiger partial charge in [0.1, 0.15) is 12.7 Å². The lowest BCUT2D eigenvalue weighted by molar-refractivity contribution is -0.161. The molecule has 3 unspecified atom stereocenters. The number of esters is 3. The summed E-state index contributed by atoms with van der Waals surface area (Å²) in [5.41, 5.74) is 0. The molecule has 0 aliphatic rings. The van der Waals surface area contributed by atoms with Crippen molar-refractivity contribution in [2.75, 3.05) is 26.4 Å². The van der Waals surface area contributed by atoms with E-state index in [1.165, 1.54) is 0 Å². The van der Waals surface area contributed by atoms with E-state index in [1.54, 1.807) is 0 Å². The van der Waals surface area contributed by atoms with Crippen LogP contribution in [-0.2, 0) is 42.2 Å². The van der Waals surface area contributed by atoms with Gasteiger partial charge in [-0.1, -0.05) is 194 Å². The quantitative estimate of drug-likeness (QED) is 0.0197. The van der Waals surface area contributed by atoms with Gasteiger partial charge < -0.3 is 24.2 Å². The zero-order valence-electron chi connectivity index (χ0n) is 44.8. The molecular formula is C60H97O11P. The normalized spacial score (nSPS) is 14.3. The van der Waals surface area contributed by atoms with E-state index in [1.807, 2.05) is 12.2 Å². The Kier molecular flexibility index (Phi) is 50.1. The van der Waals surface area contributed by atoms with Crippen LogP contribution in [0.4, 0.5) is 0 Å². The highest BCUT2D eigenvalue weighted by molar-refractivity contribution is 7.47. The van der Waals surface area contributed by atoms with E-state index in [9.17, 15) is 28.9 Å². The highest BCUT2D eigenvalue weighted by Gasteiger charge is 2.28. The van der Waals surface area contributed by atoms with E-state index in [-0.39, 0.29) is 25.9 Å². The molecule has 3 atom stereocenters. The van der Waals surface area contributed by atoms with Gasteiger partial charge in [-0.25, -0.2) is 4.57 Å². The van der Waals surface area contributed by atoms with Gasteiger partial charge >= 0.3 is 25.7 Å². The van der Waals surface area contributed by atoms with E-state index in [4.69, 9.17) is 23.3 Å². The zero-order valence-corrected chi connectivity index (χ0v) is 45.7. The molecule has 0 fully saturated rings. The first kappa shape index (κ1) is 67.9. The van der Waals surface area contributed by atoms with Crippen LogP contribution in [0.5, 0.6) is 0 Å². The second kappa shape index (κ2) is 53.2. The van der Waals surface area contributed by atoms with Crippen molar-refractivity contribution in [1.29, 1.82) is 0 Å². The van der Waals surface area contributed by atoms with Crippen LogP contribution in [0.25, 0.3) is 0 Å². The number of aliphatic hydroxyl groups excluding tert-OH is 1. The van der Waals surface area contributed by atoms with Crippen LogP contribution in [0.1, 0.15) is 201 Å². The topological polar surface area (TPSA) is 155 Å². The van der Waals surface area contributed by atoms with Crippen molar-refractivity contribution in [3.63, 3.8) is 0 Å². The summed E-state index contributed by atoms with van der Waals surface area (Å²) in [5, 5.41) is 9.80. The molecule has 0 aliphatic carbocycles. The molecule has 408 valence electrons. The number of carbonyl (C=O) groups excluding carboxylic acids is 3. The number of carbonyl (C=O) groups is 3. The Morgan fingerprint density at radius 1 is 0.389 bits per heavy atom. The lowest BCUT2D eigenvalue weighted by atomic mass is 10.1. The van der Waals surface area contributed by atoms with E-state index >= 15 is 0 Å². The maximum absolute atomic E-state index is 12.9. The lowest BCUT2D eigenvalue weighted by Gasteiger charge is -2.21. The van der Waals surface area contributed by atoms with Gasteiger partial charge in [0.2, 0.25) is 0 Å². The highest BCUT2D eigenvalue weighted by atomic mass is 31.2. The molecule has 0 heterocycles. The van der Waals surface area contributed by atoms with E-state index in [0.717, 1.165) is 141 Å². The number of phosphoric acid groups is 1. The third kappa shape index (κ3) is 50.8. The molecule has 0 aromatic heterocycles. The summed E-state index contributed by atoms with van der Waals surface area (Å²) >= 11 is 0. The molecule has 0 aromatic carbocycles. The summed E-state index contributed by atoms with van der Waals surface area (Å²) in [7, 11) is -4.78. The molecule has 2 N–H and O–H groups in total. The fourth-order valence-corrected chi connectivity index (χ4v) is 7.59. The second-order valence-corrected chi connectivity index (χ2v) is 19.1. The number of aliphatic hydroxyl groups is 1. The first-order valence-electron chi connectivity index (χ1n) is 27.4. The Labute approximate surface area is 437 Å². The summed E-state index contributed by atoms with van der Waals surface area (Å²) in [6, 6.07) is 0. The third-order valence-corrected chi connectivity index (χ3v) is 11.8. The number of hydrogen-bond donors (Lipinski definition) is 2. The Hall–Kier alpha value is -4.12. The van der Waals surface area contributed by atoms with Gasteiger partial charge in [-0.3, -0.25) is 23.4 Å². The minimum atomic E-state index is -4.78. The Balaban J connectivity index is 4.83. The largest absolute Gasteiger partial charge is 0.472 e. The number of phosphoric ester groups is 1. The van der Waals surface area contributed by atoms with E-state index in [2.05, 4.69) is 130 Å². The molecule has 0 aromatic rings.